The van der Waals surface area contributed by atoms with Gasteiger partial charge in [0.15, 0.2) is 0 Å². The molecule has 3 N–H and O–H groups in total. The number of hydrazine groups is 1. The van der Waals surface area contributed by atoms with Gasteiger partial charge in [-0.2, -0.15) is 0 Å². The highest BCUT2D eigenvalue weighted by Gasteiger charge is 2.45. The van der Waals surface area contributed by atoms with Crippen LogP contribution >= 0.6 is 0 Å². The van der Waals surface area contributed by atoms with Crippen LogP contribution in [0.15, 0.2) is 0 Å². The zero-order chi connectivity index (χ0) is 12.4. The largest absolute Gasteiger partial charge is 0.271 e. The van der Waals surface area contributed by atoms with E-state index in [2.05, 4.69) is 40.0 Å². The summed E-state index contributed by atoms with van der Waals surface area (Å²) >= 11 is 0. The molecular weight excluding hydrogens is 196 g/mol. The zero-order valence-electron chi connectivity index (χ0n) is 11.8. The average Bonchev–Trinajstić information content (AvgIpc) is 2.50. The summed E-state index contributed by atoms with van der Waals surface area (Å²) in [5.74, 6) is 6.61. The van der Waals surface area contributed by atoms with Crippen molar-refractivity contribution in [1.29, 1.82) is 0 Å². The van der Waals surface area contributed by atoms with Gasteiger partial charge < -0.3 is 0 Å². The van der Waals surface area contributed by atoms with E-state index in [9.17, 15) is 0 Å². The molecule has 96 valence electrons. The first kappa shape index (κ1) is 14.0. The predicted molar refractivity (Wildman–Crippen MR) is 70.9 cm³/mol. The molecule has 1 fully saturated rings. The van der Waals surface area contributed by atoms with Crippen LogP contribution in [0, 0.1) is 16.7 Å². The molecule has 0 heterocycles. The Morgan fingerprint density at radius 3 is 2.00 bits per heavy atom. The molecule has 0 radical (unpaired) electrons. The molecule has 0 spiro atoms. The van der Waals surface area contributed by atoms with Crippen molar-refractivity contribution in [3.05, 3.63) is 0 Å². The van der Waals surface area contributed by atoms with E-state index in [1.54, 1.807) is 0 Å². The van der Waals surface area contributed by atoms with Gasteiger partial charge in [-0.3, -0.25) is 11.3 Å². The summed E-state index contributed by atoms with van der Waals surface area (Å²) in [6, 6.07) is 0.435. The molecule has 0 amide bonds. The molecule has 0 bridgehead atoms. The summed E-state index contributed by atoms with van der Waals surface area (Å²) in [6.07, 6.45) is 6.75. The molecule has 0 aliphatic heterocycles. The van der Waals surface area contributed by atoms with E-state index < -0.39 is 0 Å². The first-order chi connectivity index (χ1) is 7.32. The van der Waals surface area contributed by atoms with Crippen LogP contribution < -0.4 is 11.3 Å². The molecular formula is C14H30N2. The minimum absolute atomic E-state index is 0.244. The van der Waals surface area contributed by atoms with Crippen LogP contribution in [0.25, 0.3) is 0 Å². The molecule has 16 heavy (non-hydrogen) atoms. The third-order valence-electron chi connectivity index (χ3n) is 4.06. The first-order valence-corrected chi connectivity index (χ1v) is 6.78. The number of rotatable bonds is 4. The fraction of sp³-hybridized carbons (Fsp3) is 1.00. The van der Waals surface area contributed by atoms with E-state index in [0.29, 0.717) is 11.5 Å². The van der Waals surface area contributed by atoms with Crippen molar-refractivity contribution in [2.75, 3.05) is 0 Å². The van der Waals surface area contributed by atoms with Gasteiger partial charge in [0.25, 0.3) is 0 Å². The molecule has 2 heteroatoms. The quantitative estimate of drug-likeness (QED) is 0.569. The molecule has 1 unspecified atom stereocenters. The van der Waals surface area contributed by atoms with Crippen LogP contribution in [-0.4, -0.2) is 6.04 Å². The lowest BCUT2D eigenvalue weighted by Gasteiger charge is -2.45. The molecule has 0 aromatic rings. The van der Waals surface area contributed by atoms with Crippen molar-refractivity contribution in [2.24, 2.45) is 22.6 Å². The van der Waals surface area contributed by atoms with Gasteiger partial charge in [-0.1, -0.05) is 47.5 Å². The molecule has 0 aromatic carbocycles. The van der Waals surface area contributed by atoms with Crippen LogP contribution in [-0.2, 0) is 0 Å². The van der Waals surface area contributed by atoms with Crippen LogP contribution in [0.3, 0.4) is 0 Å². The third kappa shape index (κ3) is 2.98. The van der Waals surface area contributed by atoms with Crippen molar-refractivity contribution < 1.29 is 0 Å². The molecule has 1 aliphatic rings. The van der Waals surface area contributed by atoms with Crippen molar-refractivity contribution >= 4 is 0 Å². The second-order valence-electron chi connectivity index (χ2n) is 7.13. The number of hydrogen-bond donors (Lipinski definition) is 2. The average molecular weight is 226 g/mol. The second kappa shape index (κ2) is 5.05. The van der Waals surface area contributed by atoms with Crippen molar-refractivity contribution in [1.82, 2.24) is 5.43 Å². The minimum atomic E-state index is 0.244. The Morgan fingerprint density at radius 1 is 1.19 bits per heavy atom. The van der Waals surface area contributed by atoms with Gasteiger partial charge in [-0.25, -0.2) is 0 Å². The van der Waals surface area contributed by atoms with E-state index in [4.69, 9.17) is 5.84 Å². The zero-order valence-corrected chi connectivity index (χ0v) is 11.8. The summed E-state index contributed by atoms with van der Waals surface area (Å²) in [4.78, 5) is 0. The number of nitrogens with one attached hydrogen (secondary N) is 1. The van der Waals surface area contributed by atoms with Gasteiger partial charge in [-0.05, 0) is 36.0 Å². The van der Waals surface area contributed by atoms with Gasteiger partial charge in [0, 0.05) is 6.04 Å². The standard InChI is InChI=1S/C14H30N2/c1-11(2)10-14(8-6-7-9-14)12(16-15)13(3,4)5/h11-12,16H,6-10,15H2,1-5H3. The van der Waals surface area contributed by atoms with Crippen LogP contribution in [0.2, 0.25) is 0 Å². The Kier molecular flexibility index (Phi) is 4.42. The Morgan fingerprint density at radius 2 is 1.69 bits per heavy atom. The number of hydrogen-bond acceptors (Lipinski definition) is 2. The Balaban J connectivity index is 2.90. The van der Waals surface area contributed by atoms with E-state index in [0.717, 1.165) is 5.92 Å². The third-order valence-corrected chi connectivity index (χ3v) is 4.06. The normalized spacial score (nSPS) is 22.7. The SMILES string of the molecule is CC(C)CC1(C(NN)C(C)(C)C)CCCC1. The maximum Gasteiger partial charge on any atom is 0.0315 e. The maximum absolute atomic E-state index is 5.85. The van der Waals surface area contributed by atoms with Gasteiger partial charge in [0.1, 0.15) is 0 Å². The van der Waals surface area contributed by atoms with Gasteiger partial charge in [0.2, 0.25) is 0 Å². The molecule has 1 rings (SSSR count). The molecule has 0 aromatic heterocycles. The lowest BCUT2D eigenvalue weighted by molar-refractivity contribution is 0.0750. The highest BCUT2D eigenvalue weighted by atomic mass is 15.2. The smallest absolute Gasteiger partial charge is 0.0315 e. The van der Waals surface area contributed by atoms with Crippen LogP contribution in [0.4, 0.5) is 0 Å². The Hall–Kier alpha value is -0.0800. The molecule has 1 saturated carbocycles. The van der Waals surface area contributed by atoms with Gasteiger partial charge in [-0.15, -0.1) is 0 Å². The number of nitrogens with two attached hydrogens (primary N) is 1. The Labute approximate surface area is 101 Å². The van der Waals surface area contributed by atoms with E-state index in [1.165, 1.54) is 32.1 Å². The molecule has 1 aliphatic carbocycles. The van der Waals surface area contributed by atoms with E-state index >= 15 is 0 Å². The van der Waals surface area contributed by atoms with E-state index in [-0.39, 0.29) is 5.41 Å². The lowest BCUT2D eigenvalue weighted by Crippen LogP contribution is -2.55. The summed E-state index contributed by atoms with van der Waals surface area (Å²) in [5.41, 5.74) is 3.81. The lowest BCUT2D eigenvalue weighted by atomic mass is 9.64. The summed E-state index contributed by atoms with van der Waals surface area (Å²) < 4.78 is 0. The fourth-order valence-corrected chi connectivity index (χ4v) is 3.85. The van der Waals surface area contributed by atoms with Crippen molar-refractivity contribution in [2.45, 2.75) is 72.8 Å². The topological polar surface area (TPSA) is 38.0 Å². The highest BCUT2D eigenvalue weighted by molar-refractivity contribution is 4.99. The van der Waals surface area contributed by atoms with Crippen LogP contribution in [0.5, 0.6) is 0 Å². The van der Waals surface area contributed by atoms with Crippen molar-refractivity contribution in [3.63, 3.8) is 0 Å². The second-order valence-corrected chi connectivity index (χ2v) is 7.13. The van der Waals surface area contributed by atoms with Crippen LogP contribution in [0.1, 0.15) is 66.7 Å². The summed E-state index contributed by atoms with van der Waals surface area (Å²) in [7, 11) is 0. The van der Waals surface area contributed by atoms with E-state index in [1.807, 2.05) is 0 Å². The molecule has 1 atom stereocenters. The molecule has 2 nitrogen and oxygen atoms in total. The van der Waals surface area contributed by atoms with Crippen molar-refractivity contribution in [3.8, 4) is 0 Å². The van der Waals surface area contributed by atoms with Gasteiger partial charge in [0.05, 0.1) is 0 Å². The highest BCUT2D eigenvalue weighted by Crippen LogP contribution is 2.50. The van der Waals surface area contributed by atoms with Gasteiger partial charge >= 0.3 is 0 Å². The summed E-state index contributed by atoms with van der Waals surface area (Å²) in [6.45, 7) is 11.6. The maximum atomic E-state index is 5.85. The Bertz CT molecular complexity index is 209. The molecule has 0 saturated heterocycles. The summed E-state index contributed by atoms with van der Waals surface area (Å²) in [5, 5.41) is 0. The predicted octanol–water partition coefficient (Wildman–Crippen LogP) is 3.47. The fourth-order valence-electron chi connectivity index (χ4n) is 3.85. The minimum Gasteiger partial charge on any atom is -0.271 e. The first-order valence-electron chi connectivity index (χ1n) is 6.78. The monoisotopic (exact) mass is 226 g/mol.